The van der Waals surface area contributed by atoms with Crippen molar-refractivity contribution in [3.63, 3.8) is 0 Å². The lowest BCUT2D eigenvalue weighted by atomic mass is 10.2. The van der Waals surface area contributed by atoms with Crippen molar-refractivity contribution in [1.82, 2.24) is 9.62 Å². The van der Waals surface area contributed by atoms with E-state index in [0.717, 1.165) is 0 Å². The van der Waals surface area contributed by atoms with E-state index in [0.29, 0.717) is 35.0 Å². The number of sulfonamides is 1. The van der Waals surface area contributed by atoms with E-state index < -0.39 is 10.0 Å². The van der Waals surface area contributed by atoms with Gasteiger partial charge in [0.2, 0.25) is 16.8 Å². The zero-order valence-electron chi connectivity index (χ0n) is 12.8. The van der Waals surface area contributed by atoms with Crippen LogP contribution in [0.3, 0.4) is 0 Å². The molecular weight excluding hydrogens is 328 g/mol. The first kappa shape index (κ1) is 17.3. The molecule has 1 N–H and O–H groups in total. The number of ether oxygens (including phenoxy) is 2. The first-order valence-electron chi connectivity index (χ1n) is 7.04. The molecule has 0 saturated carbocycles. The standard InChI is InChI=1S/C14H20N2O4S.ClH/c1-9-4-12-13(20-8-19-12)5-14(9)21(17,18)16-6-10(2)15-11(3)7-16;/h4-5,10-11,15H,6-8H2,1-3H3;1H. The van der Waals surface area contributed by atoms with Crippen LogP contribution in [0.1, 0.15) is 19.4 Å². The van der Waals surface area contributed by atoms with E-state index >= 15 is 0 Å². The Labute approximate surface area is 137 Å². The summed E-state index contributed by atoms with van der Waals surface area (Å²) in [7, 11) is -3.52. The number of hydrogen-bond donors (Lipinski definition) is 1. The molecule has 2 aliphatic heterocycles. The van der Waals surface area contributed by atoms with Gasteiger partial charge in [0.05, 0.1) is 4.90 Å². The minimum absolute atomic E-state index is 0. The maximum Gasteiger partial charge on any atom is 0.243 e. The molecule has 0 aromatic heterocycles. The zero-order valence-corrected chi connectivity index (χ0v) is 14.5. The Morgan fingerprint density at radius 3 is 2.27 bits per heavy atom. The van der Waals surface area contributed by atoms with Crippen molar-refractivity contribution in [2.24, 2.45) is 0 Å². The third kappa shape index (κ3) is 3.03. The highest BCUT2D eigenvalue weighted by molar-refractivity contribution is 7.89. The Balaban J connectivity index is 0.00000176. The predicted molar refractivity (Wildman–Crippen MR) is 85.4 cm³/mol. The highest BCUT2D eigenvalue weighted by Crippen LogP contribution is 2.37. The molecule has 0 amide bonds. The van der Waals surface area contributed by atoms with Crippen LogP contribution in [0.25, 0.3) is 0 Å². The number of piperazine rings is 1. The summed E-state index contributed by atoms with van der Waals surface area (Å²) in [5.41, 5.74) is 0.679. The number of benzene rings is 1. The largest absolute Gasteiger partial charge is 0.454 e. The maximum absolute atomic E-state index is 12.9. The second-order valence-corrected chi connectivity index (χ2v) is 7.67. The van der Waals surface area contributed by atoms with Crippen LogP contribution in [0.2, 0.25) is 0 Å². The summed E-state index contributed by atoms with van der Waals surface area (Å²) < 4.78 is 37.9. The molecule has 3 rings (SSSR count). The van der Waals surface area contributed by atoms with Crippen LogP contribution < -0.4 is 14.8 Å². The van der Waals surface area contributed by atoms with Crippen molar-refractivity contribution in [2.75, 3.05) is 19.9 Å². The first-order valence-corrected chi connectivity index (χ1v) is 8.48. The SMILES string of the molecule is Cc1cc2c(cc1S(=O)(=O)N1CC(C)NC(C)C1)OCO2.Cl. The van der Waals surface area contributed by atoms with E-state index in [9.17, 15) is 8.42 Å². The van der Waals surface area contributed by atoms with Gasteiger partial charge in [-0.1, -0.05) is 0 Å². The summed E-state index contributed by atoms with van der Waals surface area (Å²) >= 11 is 0. The molecule has 124 valence electrons. The van der Waals surface area contributed by atoms with Crippen LogP contribution in [0.4, 0.5) is 0 Å². The lowest BCUT2D eigenvalue weighted by Crippen LogP contribution is -2.55. The van der Waals surface area contributed by atoms with Crippen molar-refractivity contribution < 1.29 is 17.9 Å². The molecule has 0 radical (unpaired) electrons. The van der Waals surface area contributed by atoms with Gasteiger partial charge in [-0.25, -0.2) is 8.42 Å². The molecular formula is C14H21ClN2O4S. The molecule has 0 bridgehead atoms. The van der Waals surface area contributed by atoms with Gasteiger partial charge in [0.1, 0.15) is 0 Å². The van der Waals surface area contributed by atoms with Crippen LogP contribution in [0.5, 0.6) is 11.5 Å². The molecule has 8 heteroatoms. The fourth-order valence-corrected chi connectivity index (χ4v) is 4.75. The molecule has 0 spiro atoms. The van der Waals surface area contributed by atoms with E-state index in [1.54, 1.807) is 23.4 Å². The lowest BCUT2D eigenvalue weighted by molar-refractivity contribution is 0.174. The summed E-state index contributed by atoms with van der Waals surface area (Å²) in [6, 6.07) is 3.57. The van der Waals surface area contributed by atoms with Crippen molar-refractivity contribution >= 4 is 22.4 Å². The van der Waals surface area contributed by atoms with Crippen molar-refractivity contribution in [1.29, 1.82) is 0 Å². The molecule has 6 nitrogen and oxygen atoms in total. The molecule has 2 heterocycles. The number of fused-ring (bicyclic) bond motifs is 1. The average molecular weight is 349 g/mol. The molecule has 1 aromatic carbocycles. The minimum Gasteiger partial charge on any atom is -0.454 e. The summed E-state index contributed by atoms with van der Waals surface area (Å²) in [5.74, 6) is 1.10. The third-order valence-corrected chi connectivity index (χ3v) is 5.79. The maximum atomic E-state index is 12.9. The molecule has 0 aliphatic carbocycles. The Morgan fingerprint density at radius 2 is 1.68 bits per heavy atom. The van der Waals surface area contributed by atoms with Crippen molar-refractivity contribution in [2.45, 2.75) is 37.8 Å². The van der Waals surface area contributed by atoms with Crippen LogP contribution >= 0.6 is 12.4 Å². The van der Waals surface area contributed by atoms with Crippen LogP contribution in [-0.2, 0) is 10.0 Å². The van der Waals surface area contributed by atoms with E-state index in [-0.39, 0.29) is 31.3 Å². The van der Waals surface area contributed by atoms with E-state index in [2.05, 4.69) is 5.32 Å². The highest BCUT2D eigenvalue weighted by atomic mass is 35.5. The molecule has 22 heavy (non-hydrogen) atoms. The monoisotopic (exact) mass is 348 g/mol. The van der Waals surface area contributed by atoms with Gasteiger partial charge < -0.3 is 14.8 Å². The molecule has 1 aromatic rings. The number of rotatable bonds is 2. The summed E-state index contributed by atoms with van der Waals surface area (Å²) in [6.45, 7) is 6.85. The smallest absolute Gasteiger partial charge is 0.243 e. The fraction of sp³-hybridized carbons (Fsp3) is 0.571. The first-order chi connectivity index (χ1) is 9.88. The number of halogens is 1. The summed E-state index contributed by atoms with van der Waals surface area (Å²) in [5, 5.41) is 3.34. The molecule has 2 atom stereocenters. The lowest BCUT2D eigenvalue weighted by Gasteiger charge is -2.35. The van der Waals surface area contributed by atoms with Gasteiger partial charge in [0.15, 0.2) is 11.5 Å². The Hall–Kier alpha value is -1.02. The highest BCUT2D eigenvalue weighted by Gasteiger charge is 2.33. The van der Waals surface area contributed by atoms with Gasteiger partial charge in [0, 0.05) is 31.2 Å². The van der Waals surface area contributed by atoms with Gasteiger partial charge in [-0.2, -0.15) is 4.31 Å². The minimum atomic E-state index is -3.52. The van der Waals surface area contributed by atoms with Crippen molar-refractivity contribution in [3.8, 4) is 11.5 Å². The molecule has 1 fully saturated rings. The molecule has 2 unspecified atom stereocenters. The molecule has 2 aliphatic rings. The Bertz CT molecular complexity index is 655. The Kier molecular flexibility index (Phi) is 4.91. The van der Waals surface area contributed by atoms with Gasteiger partial charge in [-0.15, -0.1) is 12.4 Å². The number of hydrogen-bond acceptors (Lipinski definition) is 5. The van der Waals surface area contributed by atoms with E-state index in [1.165, 1.54) is 0 Å². The predicted octanol–water partition coefficient (Wildman–Crippen LogP) is 1.52. The third-order valence-electron chi connectivity index (χ3n) is 3.81. The van der Waals surface area contributed by atoms with Crippen LogP contribution in [0, 0.1) is 6.92 Å². The van der Waals surface area contributed by atoms with Crippen LogP contribution in [-0.4, -0.2) is 44.7 Å². The average Bonchev–Trinajstić information content (AvgIpc) is 2.83. The second-order valence-electron chi connectivity index (χ2n) is 5.76. The quantitative estimate of drug-likeness (QED) is 0.877. The van der Waals surface area contributed by atoms with Crippen LogP contribution in [0.15, 0.2) is 17.0 Å². The van der Waals surface area contributed by atoms with Gasteiger partial charge >= 0.3 is 0 Å². The second kappa shape index (κ2) is 6.23. The van der Waals surface area contributed by atoms with Gasteiger partial charge in [0.25, 0.3) is 0 Å². The zero-order chi connectivity index (χ0) is 15.2. The summed E-state index contributed by atoms with van der Waals surface area (Å²) in [6.07, 6.45) is 0. The normalized spacial score (nSPS) is 24.9. The molecule has 1 saturated heterocycles. The van der Waals surface area contributed by atoms with Crippen molar-refractivity contribution in [3.05, 3.63) is 17.7 Å². The van der Waals surface area contributed by atoms with Gasteiger partial charge in [-0.05, 0) is 32.4 Å². The van der Waals surface area contributed by atoms with Gasteiger partial charge in [-0.3, -0.25) is 0 Å². The number of nitrogens with zero attached hydrogens (tertiary/aromatic N) is 1. The Morgan fingerprint density at radius 1 is 1.14 bits per heavy atom. The van der Waals surface area contributed by atoms with E-state index in [1.807, 2.05) is 13.8 Å². The topological polar surface area (TPSA) is 67.9 Å². The number of aryl methyl sites for hydroxylation is 1. The fourth-order valence-electron chi connectivity index (χ4n) is 2.91. The van der Waals surface area contributed by atoms with E-state index in [4.69, 9.17) is 9.47 Å². The number of nitrogens with one attached hydrogen (secondary N) is 1. The summed E-state index contributed by atoms with van der Waals surface area (Å²) in [4.78, 5) is 0.299.